The van der Waals surface area contributed by atoms with Crippen molar-refractivity contribution in [1.29, 1.82) is 0 Å². The zero-order chi connectivity index (χ0) is 14.2. The first-order chi connectivity index (χ1) is 8.44. The number of hydrogen-bond donors (Lipinski definition) is 1. The first-order valence-corrected chi connectivity index (χ1v) is 6.89. The molecule has 0 amide bonds. The minimum Gasteiger partial charge on any atom is -0.392 e. The van der Waals surface area contributed by atoms with Crippen LogP contribution >= 0.6 is 0 Å². The van der Waals surface area contributed by atoms with Gasteiger partial charge in [0, 0.05) is 5.41 Å². The molecule has 0 saturated carbocycles. The Morgan fingerprint density at radius 1 is 1.11 bits per heavy atom. The Hall–Kier alpha value is -0.890. The molecule has 0 aromatic carbocycles. The number of aliphatic hydroxyl groups excluding tert-OH is 1. The molecule has 0 aliphatic carbocycles. The largest absolute Gasteiger partial charge is 0.392 e. The lowest BCUT2D eigenvalue weighted by molar-refractivity contribution is -0.125. The third-order valence-electron chi connectivity index (χ3n) is 4.06. The molecule has 0 fully saturated rings. The van der Waals surface area contributed by atoms with Gasteiger partial charge in [-0.3, -0.25) is 4.79 Å². The van der Waals surface area contributed by atoms with Gasteiger partial charge in [0.15, 0.2) is 0 Å². The van der Waals surface area contributed by atoms with Crippen LogP contribution in [-0.4, -0.2) is 17.5 Å². The molecule has 0 aromatic rings. The fourth-order valence-electron chi connectivity index (χ4n) is 2.55. The third-order valence-corrected chi connectivity index (χ3v) is 4.06. The highest BCUT2D eigenvalue weighted by atomic mass is 16.2. The molecule has 0 aliphatic heterocycles. The summed E-state index contributed by atoms with van der Waals surface area (Å²) in [7, 11) is 0. The summed E-state index contributed by atoms with van der Waals surface area (Å²) in [5, 5.41) is 8.79. The maximum atomic E-state index is 11.9. The maximum absolute atomic E-state index is 11.9. The van der Waals surface area contributed by atoms with E-state index in [9.17, 15) is 4.79 Å². The van der Waals surface area contributed by atoms with Crippen LogP contribution in [0.2, 0.25) is 0 Å². The van der Waals surface area contributed by atoms with E-state index in [-0.39, 0.29) is 17.8 Å². The minimum atomic E-state index is -0.269. The Morgan fingerprint density at radius 2 is 1.67 bits per heavy atom. The number of Topliss-reactive ketones (excluding diaryl/α,β-unsaturated/α-hetero) is 1. The molecule has 0 rings (SSSR count). The zero-order valence-electron chi connectivity index (χ0n) is 12.5. The second-order valence-electron chi connectivity index (χ2n) is 5.00. The standard InChI is InChI=1S/C16H28O2/c1-6-16(7-2,15(5)18)14(4)10-8-9-13(3)11-12-17/h10-11,17H,6-9,12H2,1-5H3/b13-11+,14-10?. The normalized spacial score (nSPS) is 13.9. The average molecular weight is 252 g/mol. The highest BCUT2D eigenvalue weighted by molar-refractivity contribution is 5.85. The van der Waals surface area contributed by atoms with Gasteiger partial charge in [-0.1, -0.05) is 37.1 Å². The van der Waals surface area contributed by atoms with Crippen molar-refractivity contribution in [2.75, 3.05) is 6.61 Å². The van der Waals surface area contributed by atoms with Crippen molar-refractivity contribution in [1.82, 2.24) is 0 Å². The van der Waals surface area contributed by atoms with Gasteiger partial charge in [-0.25, -0.2) is 0 Å². The molecule has 0 spiro atoms. The number of allylic oxidation sites excluding steroid dienone is 3. The van der Waals surface area contributed by atoms with E-state index in [1.165, 1.54) is 11.1 Å². The van der Waals surface area contributed by atoms with E-state index in [4.69, 9.17) is 5.11 Å². The molecule has 0 aliphatic rings. The molecular formula is C16H28O2. The number of carbonyl (C=O) groups excluding carboxylic acids is 1. The van der Waals surface area contributed by atoms with Crippen LogP contribution in [-0.2, 0) is 4.79 Å². The van der Waals surface area contributed by atoms with Gasteiger partial charge in [0.1, 0.15) is 5.78 Å². The smallest absolute Gasteiger partial charge is 0.139 e. The highest BCUT2D eigenvalue weighted by Crippen LogP contribution is 2.36. The molecule has 18 heavy (non-hydrogen) atoms. The molecule has 0 heterocycles. The second kappa shape index (κ2) is 8.25. The molecule has 0 saturated heterocycles. The Labute approximate surface area is 112 Å². The van der Waals surface area contributed by atoms with E-state index in [0.29, 0.717) is 0 Å². The lowest BCUT2D eigenvalue weighted by atomic mass is 9.72. The summed E-state index contributed by atoms with van der Waals surface area (Å²) in [6.45, 7) is 10.1. The van der Waals surface area contributed by atoms with Crippen molar-refractivity contribution in [2.24, 2.45) is 5.41 Å². The maximum Gasteiger partial charge on any atom is 0.139 e. The Bertz CT molecular complexity index is 320. The van der Waals surface area contributed by atoms with E-state index in [1.807, 2.05) is 13.0 Å². The van der Waals surface area contributed by atoms with E-state index in [1.54, 1.807) is 6.92 Å². The van der Waals surface area contributed by atoms with E-state index in [2.05, 4.69) is 26.8 Å². The monoisotopic (exact) mass is 252 g/mol. The predicted octanol–water partition coefficient (Wildman–Crippen LogP) is 4.05. The van der Waals surface area contributed by atoms with Gasteiger partial charge in [-0.15, -0.1) is 0 Å². The van der Waals surface area contributed by atoms with Crippen LogP contribution in [0.3, 0.4) is 0 Å². The van der Waals surface area contributed by atoms with Crippen molar-refractivity contribution in [3.63, 3.8) is 0 Å². The summed E-state index contributed by atoms with van der Waals surface area (Å²) in [6, 6.07) is 0. The second-order valence-corrected chi connectivity index (χ2v) is 5.00. The fourth-order valence-corrected chi connectivity index (χ4v) is 2.55. The lowest BCUT2D eigenvalue weighted by Crippen LogP contribution is -2.29. The summed E-state index contributed by atoms with van der Waals surface area (Å²) in [6.07, 6.45) is 7.63. The zero-order valence-corrected chi connectivity index (χ0v) is 12.5. The summed E-state index contributed by atoms with van der Waals surface area (Å²) in [5.74, 6) is 0.267. The van der Waals surface area contributed by atoms with Crippen LogP contribution in [0.15, 0.2) is 23.3 Å². The quantitative estimate of drug-likeness (QED) is 0.662. The van der Waals surface area contributed by atoms with Gasteiger partial charge < -0.3 is 5.11 Å². The van der Waals surface area contributed by atoms with Crippen LogP contribution < -0.4 is 0 Å². The highest BCUT2D eigenvalue weighted by Gasteiger charge is 2.32. The summed E-state index contributed by atoms with van der Waals surface area (Å²) >= 11 is 0. The Kier molecular flexibility index (Phi) is 7.85. The Balaban J connectivity index is 4.74. The molecule has 104 valence electrons. The van der Waals surface area contributed by atoms with Crippen LogP contribution in [0, 0.1) is 5.41 Å². The van der Waals surface area contributed by atoms with Crippen LogP contribution in [0.25, 0.3) is 0 Å². The van der Waals surface area contributed by atoms with Crippen molar-refractivity contribution in [2.45, 2.75) is 60.3 Å². The van der Waals surface area contributed by atoms with Gasteiger partial charge in [0.25, 0.3) is 0 Å². The van der Waals surface area contributed by atoms with Crippen LogP contribution in [0.4, 0.5) is 0 Å². The summed E-state index contributed by atoms with van der Waals surface area (Å²) in [4.78, 5) is 11.9. The van der Waals surface area contributed by atoms with E-state index < -0.39 is 0 Å². The molecule has 2 heteroatoms. The molecule has 0 radical (unpaired) electrons. The van der Waals surface area contributed by atoms with Gasteiger partial charge >= 0.3 is 0 Å². The van der Waals surface area contributed by atoms with Gasteiger partial charge in [-0.2, -0.15) is 0 Å². The van der Waals surface area contributed by atoms with Gasteiger partial charge in [0.2, 0.25) is 0 Å². The number of carbonyl (C=O) groups is 1. The molecule has 1 N–H and O–H groups in total. The number of hydrogen-bond acceptors (Lipinski definition) is 2. The lowest BCUT2D eigenvalue weighted by Gasteiger charge is -2.30. The van der Waals surface area contributed by atoms with Gasteiger partial charge in [0.05, 0.1) is 6.61 Å². The van der Waals surface area contributed by atoms with Gasteiger partial charge in [-0.05, 0) is 46.5 Å². The van der Waals surface area contributed by atoms with Crippen molar-refractivity contribution in [3.8, 4) is 0 Å². The van der Waals surface area contributed by atoms with Crippen LogP contribution in [0.1, 0.15) is 60.3 Å². The molecule has 0 unspecified atom stereocenters. The van der Waals surface area contributed by atoms with Crippen LogP contribution in [0.5, 0.6) is 0 Å². The summed E-state index contributed by atoms with van der Waals surface area (Å²) in [5.41, 5.74) is 2.12. The predicted molar refractivity (Wildman–Crippen MR) is 77.5 cm³/mol. The first-order valence-electron chi connectivity index (χ1n) is 6.89. The van der Waals surface area contributed by atoms with Crippen molar-refractivity contribution < 1.29 is 9.90 Å². The van der Waals surface area contributed by atoms with Crippen molar-refractivity contribution >= 4 is 5.78 Å². The topological polar surface area (TPSA) is 37.3 Å². The first kappa shape index (κ1) is 17.1. The van der Waals surface area contributed by atoms with E-state index in [0.717, 1.165) is 25.7 Å². The molecule has 0 atom stereocenters. The average Bonchev–Trinajstić information content (AvgIpc) is 2.31. The number of rotatable bonds is 8. The number of aliphatic hydroxyl groups is 1. The number of ketones is 1. The molecular weight excluding hydrogens is 224 g/mol. The van der Waals surface area contributed by atoms with E-state index >= 15 is 0 Å². The SMILES string of the molecule is CCC(CC)(C(C)=O)C(C)=CCC/C(C)=C/CO. The molecule has 0 bridgehead atoms. The minimum absolute atomic E-state index is 0.107. The summed E-state index contributed by atoms with van der Waals surface area (Å²) < 4.78 is 0. The molecule has 2 nitrogen and oxygen atoms in total. The fraction of sp³-hybridized carbons (Fsp3) is 0.688. The van der Waals surface area contributed by atoms with Crippen molar-refractivity contribution in [3.05, 3.63) is 23.3 Å². The molecule has 0 aromatic heterocycles. The third kappa shape index (κ3) is 4.41. The Morgan fingerprint density at radius 3 is 2.06 bits per heavy atom.